The molecule has 1 aliphatic heterocycles. The molecule has 2 unspecified atom stereocenters. The number of anilines is 1. The van der Waals surface area contributed by atoms with Crippen LogP contribution in [0, 0.1) is 10.1 Å². The van der Waals surface area contributed by atoms with Crippen LogP contribution in [0.2, 0.25) is 0 Å². The lowest BCUT2D eigenvalue weighted by atomic mass is 10.00. The normalized spacial score (nSPS) is 23.3. The van der Waals surface area contributed by atoms with Crippen molar-refractivity contribution in [3.05, 3.63) is 28.3 Å². The van der Waals surface area contributed by atoms with Crippen LogP contribution in [0.3, 0.4) is 0 Å². The summed E-state index contributed by atoms with van der Waals surface area (Å²) in [5.74, 6) is 0. The molecule has 0 amide bonds. The Kier molecular flexibility index (Phi) is 3.50. The molecule has 112 valence electrons. The Hall–Kier alpha value is -2.15. The summed E-state index contributed by atoms with van der Waals surface area (Å²) in [5, 5.41) is 13.1. The number of benzene rings is 1. The summed E-state index contributed by atoms with van der Waals surface area (Å²) >= 11 is 0. The molecule has 21 heavy (non-hydrogen) atoms. The predicted molar refractivity (Wildman–Crippen MR) is 78.9 cm³/mol. The van der Waals surface area contributed by atoms with E-state index in [1.165, 1.54) is 12.5 Å². The Bertz CT molecular complexity index is 659. The number of oxazole rings is 1. The van der Waals surface area contributed by atoms with Crippen LogP contribution in [-0.4, -0.2) is 27.0 Å². The van der Waals surface area contributed by atoms with Crippen molar-refractivity contribution in [2.24, 2.45) is 0 Å². The van der Waals surface area contributed by atoms with E-state index in [1.807, 2.05) is 0 Å². The number of nitrogens with one attached hydrogen (secondary N) is 1. The molecule has 2 aromatic rings. The molecule has 1 aromatic carbocycles. The van der Waals surface area contributed by atoms with Gasteiger partial charge in [-0.2, -0.15) is 4.98 Å². The van der Waals surface area contributed by atoms with Crippen molar-refractivity contribution in [1.29, 1.82) is 0 Å². The molecule has 7 heteroatoms. The van der Waals surface area contributed by atoms with Crippen LogP contribution >= 0.6 is 0 Å². The zero-order valence-corrected chi connectivity index (χ0v) is 12.1. The summed E-state index contributed by atoms with van der Waals surface area (Å²) < 4.78 is 5.59. The van der Waals surface area contributed by atoms with Gasteiger partial charge >= 0.3 is 6.01 Å². The van der Waals surface area contributed by atoms with E-state index in [4.69, 9.17) is 4.42 Å². The lowest BCUT2D eigenvalue weighted by Gasteiger charge is -2.38. The highest BCUT2D eigenvalue weighted by Crippen LogP contribution is 2.29. The number of para-hydroxylation sites is 1. The Balaban J connectivity index is 1.91. The van der Waals surface area contributed by atoms with E-state index in [0.29, 0.717) is 23.7 Å². The van der Waals surface area contributed by atoms with Crippen molar-refractivity contribution in [1.82, 2.24) is 9.99 Å². The van der Waals surface area contributed by atoms with Crippen molar-refractivity contribution >= 4 is 22.8 Å². The lowest BCUT2D eigenvalue weighted by molar-refractivity contribution is -0.383. The van der Waals surface area contributed by atoms with Crippen LogP contribution in [0.4, 0.5) is 11.7 Å². The minimum absolute atomic E-state index is 0.0379. The highest BCUT2D eigenvalue weighted by molar-refractivity contribution is 5.83. The summed E-state index contributed by atoms with van der Waals surface area (Å²) in [4.78, 5) is 14.8. The van der Waals surface area contributed by atoms with Gasteiger partial charge in [0.15, 0.2) is 11.1 Å². The monoisotopic (exact) mass is 290 g/mol. The Morgan fingerprint density at radius 3 is 2.76 bits per heavy atom. The summed E-state index contributed by atoms with van der Waals surface area (Å²) in [5.41, 5.74) is 3.83. The predicted octanol–water partition coefficient (Wildman–Crippen LogP) is 3.33. The Morgan fingerprint density at radius 2 is 2.10 bits per heavy atom. The minimum Gasteiger partial charge on any atom is -0.422 e. The third kappa shape index (κ3) is 2.56. The van der Waals surface area contributed by atoms with E-state index in [9.17, 15) is 10.1 Å². The van der Waals surface area contributed by atoms with Gasteiger partial charge in [-0.25, -0.2) is 5.01 Å². The first kappa shape index (κ1) is 13.8. The van der Waals surface area contributed by atoms with Gasteiger partial charge in [0.1, 0.15) is 0 Å². The number of fused-ring (bicyclic) bond motifs is 1. The van der Waals surface area contributed by atoms with E-state index in [1.54, 1.807) is 12.1 Å². The molecule has 0 radical (unpaired) electrons. The zero-order valence-electron chi connectivity index (χ0n) is 12.1. The second-order valence-corrected chi connectivity index (χ2v) is 5.55. The topological polar surface area (TPSA) is 84.4 Å². The van der Waals surface area contributed by atoms with E-state index >= 15 is 0 Å². The van der Waals surface area contributed by atoms with Crippen LogP contribution in [0.1, 0.15) is 33.1 Å². The molecule has 1 fully saturated rings. The maximum atomic E-state index is 11.0. The number of hydrogen-bond donors (Lipinski definition) is 1. The van der Waals surface area contributed by atoms with Gasteiger partial charge in [-0.15, -0.1) is 0 Å². The molecule has 1 aliphatic rings. The number of piperidine rings is 1. The van der Waals surface area contributed by atoms with Crippen LogP contribution in [0.15, 0.2) is 22.6 Å². The molecule has 1 aromatic heterocycles. The van der Waals surface area contributed by atoms with Crippen molar-refractivity contribution in [2.45, 2.75) is 45.2 Å². The average molecular weight is 290 g/mol. The molecule has 0 bridgehead atoms. The van der Waals surface area contributed by atoms with Crippen LogP contribution < -0.4 is 5.43 Å². The van der Waals surface area contributed by atoms with Crippen LogP contribution in [0.25, 0.3) is 11.1 Å². The molecular formula is C14H18N4O3. The fraction of sp³-hybridized carbons (Fsp3) is 0.500. The molecule has 7 nitrogen and oxygen atoms in total. The lowest BCUT2D eigenvalue weighted by Crippen LogP contribution is -2.47. The van der Waals surface area contributed by atoms with Gasteiger partial charge in [-0.3, -0.25) is 15.5 Å². The van der Waals surface area contributed by atoms with Gasteiger partial charge in [0.2, 0.25) is 0 Å². The number of hydrogen-bond acceptors (Lipinski definition) is 6. The number of nitro benzene ring substituents is 1. The molecule has 1 N–H and O–H groups in total. The third-order valence-electron chi connectivity index (χ3n) is 4.01. The summed E-state index contributed by atoms with van der Waals surface area (Å²) in [6.07, 6.45) is 3.43. The highest BCUT2D eigenvalue weighted by Gasteiger charge is 2.26. The number of nitrogens with zero attached hydrogens (tertiary/aromatic N) is 3. The van der Waals surface area contributed by atoms with Crippen molar-refractivity contribution < 1.29 is 9.34 Å². The number of non-ortho nitro benzene ring substituents is 1. The quantitative estimate of drug-likeness (QED) is 0.689. The first-order valence-corrected chi connectivity index (χ1v) is 7.15. The molecule has 0 aliphatic carbocycles. The molecule has 0 spiro atoms. The van der Waals surface area contributed by atoms with Gasteiger partial charge in [0.05, 0.1) is 4.92 Å². The van der Waals surface area contributed by atoms with Gasteiger partial charge in [-0.1, -0.05) is 12.5 Å². The van der Waals surface area contributed by atoms with E-state index in [-0.39, 0.29) is 11.2 Å². The third-order valence-corrected chi connectivity index (χ3v) is 4.01. The van der Waals surface area contributed by atoms with Crippen LogP contribution in [0.5, 0.6) is 0 Å². The fourth-order valence-electron chi connectivity index (χ4n) is 2.88. The first-order valence-electron chi connectivity index (χ1n) is 7.15. The fourth-order valence-corrected chi connectivity index (χ4v) is 2.88. The van der Waals surface area contributed by atoms with Crippen LogP contribution in [-0.2, 0) is 0 Å². The van der Waals surface area contributed by atoms with Crippen molar-refractivity contribution in [3.63, 3.8) is 0 Å². The van der Waals surface area contributed by atoms with Gasteiger partial charge in [0, 0.05) is 18.2 Å². The molecule has 2 atom stereocenters. The molecular weight excluding hydrogens is 272 g/mol. The second kappa shape index (κ2) is 5.33. The summed E-state index contributed by atoms with van der Waals surface area (Å²) in [7, 11) is 0. The SMILES string of the molecule is CC1CCCC(C)N1Nc1nc2c([N+](=O)[O-])cccc2o1. The maximum absolute atomic E-state index is 11.0. The van der Waals surface area contributed by atoms with Gasteiger partial charge in [0.25, 0.3) is 5.69 Å². The number of hydrazine groups is 1. The summed E-state index contributed by atoms with van der Waals surface area (Å²) in [6.45, 7) is 4.29. The minimum atomic E-state index is -0.444. The van der Waals surface area contributed by atoms with Crippen molar-refractivity contribution in [3.8, 4) is 0 Å². The van der Waals surface area contributed by atoms with Gasteiger partial charge < -0.3 is 4.42 Å². The van der Waals surface area contributed by atoms with E-state index < -0.39 is 4.92 Å². The van der Waals surface area contributed by atoms with Gasteiger partial charge in [-0.05, 0) is 32.8 Å². The van der Waals surface area contributed by atoms with E-state index in [2.05, 4.69) is 29.3 Å². The number of aromatic nitrogens is 1. The largest absolute Gasteiger partial charge is 0.422 e. The standard InChI is InChI=1S/C14H18N4O3/c1-9-5-3-6-10(2)17(9)16-14-15-13-11(18(19)20)7-4-8-12(13)21-14/h4,7-10H,3,5-6H2,1-2H3,(H,15,16). The first-order chi connectivity index (χ1) is 10.1. The Morgan fingerprint density at radius 1 is 1.38 bits per heavy atom. The molecule has 3 rings (SSSR count). The van der Waals surface area contributed by atoms with Crippen molar-refractivity contribution in [2.75, 3.05) is 5.43 Å². The maximum Gasteiger partial charge on any atom is 0.310 e. The zero-order chi connectivity index (χ0) is 15.0. The molecule has 1 saturated heterocycles. The molecule has 0 saturated carbocycles. The smallest absolute Gasteiger partial charge is 0.310 e. The Labute approximate surface area is 122 Å². The second-order valence-electron chi connectivity index (χ2n) is 5.55. The molecule has 2 heterocycles. The number of rotatable bonds is 3. The number of nitro groups is 1. The van der Waals surface area contributed by atoms with E-state index in [0.717, 1.165) is 12.8 Å². The summed E-state index contributed by atoms with van der Waals surface area (Å²) in [6, 6.07) is 5.77. The highest BCUT2D eigenvalue weighted by atomic mass is 16.6. The average Bonchev–Trinajstić information content (AvgIpc) is 2.85.